The first kappa shape index (κ1) is 14.5. The van der Waals surface area contributed by atoms with Crippen LogP contribution in [0.4, 0.5) is 10.5 Å². The lowest BCUT2D eigenvalue weighted by atomic mass is 10.2. The van der Waals surface area contributed by atoms with Crippen LogP contribution in [0.15, 0.2) is 30.6 Å². The van der Waals surface area contributed by atoms with Crippen molar-refractivity contribution in [1.29, 1.82) is 5.26 Å². The van der Waals surface area contributed by atoms with Gasteiger partial charge in [0.15, 0.2) is 0 Å². The van der Waals surface area contributed by atoms with Crippen molar-refractivity contribution in [1.82, 2.24) is 25.5 Å². The van der Waals surface area contributed by atoms with E-state index < -0.39 is 0 Å². The Balaban J connectivity index is 1.94. The molecule has 0 fully saturated rings. The number of nitrogens with zero attached hydrogens (tertiary/aromatic N) is 5. The molecule has 108 valence electrons. The quantitative estimate of drug-likeness (QED) is 0.864. The Morgan fingerprint density at radius 1 is 1.43 bits per heavy atom. The number of rotatable bonds is 5. The number of hydrogen-bond acceptors (Lipinski definition) is 5. The third-order valence-electron chi connectivity index (χ3n) is 2.90. The molecule has 0 saturated heterocycles. The molecule has 2 N–H and O–H groups in total. The lowest BCUT2D eigenvalue weighted by Gasteiger charge is -2.14. The molecule has 21 heavy (non-hydrogen) atoms. The molecular weight excluding hydrogens is 270 g/mol. The summed E-state index contributed by atoms with van der Waals surface area (Å²) >= 11 is 0. The van der Waals surface area contributed by atoms with Crippen molar-refractivity contribution in [2.75, 3.05) is 5.32 Å². The topological polar surface area (TPSA) is 109 Å². The van der Waals surface area contributed by atoms with E-state index in [0.29, 0.717) is 18.5 Å². The van der Waals surface area contributed by atoms with Gasteiger partial charge in [0.2, 0.25) is 0 Å². The Morgan fingerprint density at radius 3 is 2.76 bits per heavy atom. The van der Waals surface area contributed by atoms with Crippen molar-refractivity contribution >= 4 is 11.7 Å². The van der Waals surface area contributed by atoms with Gasteiger partial charge in [-0.25, -0.2) is 9.48 Å². The van der Waals surface area contributed by atoms with Crippen LogP contribution in [0.3, 0.4) is 0 Å². The number of hydrogen-bond donors (Lipinski definition) is 2. The van der Waals surface area contributed by atoms with Crippen molar-refractivity contribution < 1.29 is 4.79 Å². The number of benzene rings is 1. The van der Waals surface area contributed by atoms with Crippen molar-refractivity contribution in [2.45, 2.75) is 25.8 Å². The van der Waals surface area contributed by atoms with E-state index in [1.54, 1.807) is 24.3 Å². The lowest BCUT2D eigenvalue weighted by Crippen LogP contribution is -2.37. The van der Waals surface area contributed by atoms with E-state index in [2.05, 4.69) is 26.2 Å². The summed E-state index contributed by atoms with van der Waals surface area (Å²) in [5, 5.41) is 25.0. The Bertz CT molecular complexity index is 615. The molecule has 0 aliphatic heterocycles. The molecule has 1 aromatic carbocycles. The molecule has 2 amide bonds. The van der Waals surface area contributed by atoms with E-state index in [0.717, 1.165) is 5.69 Å². The third kappa shape index (κ3) is 4.01. The molecule has 0 bridgehead atoms. The van der Waals surface area contributed by atoms with E-state index in [4.69, 9.17) is 5.26 Å². The van der Waals surface area contributed by atoms with Gasteiger partial charge in [-0.2, -0.15) is 5.26 Å². The van der Waals surface area contributed by atoms with Crippen LogP contribution >= 0.6 is 0 Å². The highest BCUT2D eigenvalue weighted by molar-refractivity contribution is 5.89. The van der Waals surface area contributed by atoms with E-state index >= 15 is 0 Å². The zero-order valence-electron chi connectivity index (χ0n) is 11.5. The number of urea groups is 1. The molecule has 8 heteroatoms. The number of tetrazole rings is 1. The maximum atomic E-state index is 11.8. The van der Waals surface area contributed by atoms with Crippen LogP contribution < -0.4 is 10.6 Å². The molecule has 0 spiro atoms. The summed E-state index contributed by atoms with van der Waals surface area (Å²) in [6.07, 6.45) is 2.49. The van der Waals surface area contributed by atoms with Gasteiger partial charge in [0.05, 0.1) is 18.2 Å². The summed E-state index contributed by atoms with van der Waals surface area (Å²) in [5.41, 5.74) is 1.44. The Hall–Kier alpha value is -2.95. The van der Waals surface area contributed by atoms with Crippen LogP contribution in [0.1, 0.15) is 19.8 Å². The van der Waals surface area contributed by atoms with E-state index in [9.17, 15) is 4.79 Å². The summed E-state index contributed by atoms with van der Waals surface area (Å²) < 4.78 is 1.52. The minimum atomic E-state index is -0.327. The molecule has 1 heterocycles. The van der Waals surface area contributed by atoms with Crippen LogP contribution in [0.25, 0.3) is 5.69 Å². The van der Waals surface area contributed by atoms with E-state index in [1.807, 2.05) is 13.0 Å². The highest BCUT2D eigenvalue weighted by Crippen LogP contribution is 2.12. The number of anilines is 1. The lowest BCUT2D eigenvalue weighted by molar-refractivity contribution is 0.248. The molecule has 0 saturated carbocycles. The molecule has 1 unspecified atom stereocenters. The van der Waals surface area contributed by atoms with Crippen molar-refractivity contribution in [3.05, 3.63) is 30.6 Å². The maximum Gasteiger partial charge on any atom is 0.319 e. The molecule has 2 rings (SSSR count). The average Bonchev–Trinajstić information content (AvgIpc) is 3.01. The Morgan fingerprint density at radius 2 is 2.19 bits per heavy atom. The third-order valence-corrected chi connectivity index (χ3v) is 2.90. The molecule has 0 aliphatic rings. The average molecular weight is 285 g/mol. The van der Waals surface area contributed by atoms with Gasteiger partial charge in [0, 0.05) is 11.7 Å². The molecule has 8 nitrogen and oxygen atoms in total. The zero-order valence-corrected chi connectivity index (χ0v) is 11.5. The SMILES string of the molecule is CCC(CC#N)NC(=O)Nc1ccc(-n2cnnn2)cc1. The van der Waals surface area contributed by atoms with E-state index in [1.165, 1.54) is 11.0 Å². The fraction of sp³-hybridized carbons (Fsp3) is 0.308. The monoisotopic (exact) mass is 285 g/mol. The first-order valence-corrected chi connectivity index (χ1v) is 6.50. The molecular formula is C13H15N7O. The van der Waals surface area contributed by atoms with Crippen LogP contribution in [-0.2, 0) is 0 Å². The summed E-state index contributed by atoms with van der Waals surface area (Å²) in [6.45, 7) is 1.92. The van der Waals surface area contributed by atoms with Gasteiger partial charge in [0.25, 0.3) is 0 Å². The predicted octanol–water partition coefficient (Wildman–Crippen LogP) is 1.48. The van der Waals surface area contributed by atoms with Crippen LogP contribution in [-0.4, -0.2) is 32.3 Å². The van der Waals surface area contributed by atoms with Gasteiger partial charge in [-0.05, 0) is 41.1 Å². The van der Waals surface area contributed by atoms with Crippen LogP contribution in [0, 0.1) is 11.3 Å². The molecule has 1 atom stereocenters. The minimum absolute atomic E-state index is 0.143. The molecule has 0 radical (unpaired) electrons. The number of nitrogens with one attached hydrogen (secondary N) is 2. The minimum Gasteiger partial charge on any atom is -0.334 e. The number of amides is 2. The second-order valence-corrected chi connectivity index (χ2v) is 4.37. The highest BCUT2D eigenvalue weighted by atomic mass is 16.2. The number of nitriles is 1. The van der Waals surface area contributed by atoms with Gasteiger partial charge < -0.3 is 10.6 Å². The first-order valence-electron chi connectivity index (χ1n) is 6.50. The van der Waals surface area contributed by atoms with Gasteiger partial charge in [0.1, 0.15) is 6.33 Å². The Labute approximate surface area is 121 Å². The fourth-order valence-corrected chi connectivity index (χ4v) is 1.74. The first-order chi connectivity index (χ1) is 10.2. The summed E-state index contributed by atoms with van der Waals surface area (Å²) in [6, 6.07) is 8.66. The second kappa shape index (κ2) is 7.00. The highest BCUT2D eigenvalue weighted by Gasteiger charge is 2.09. The number of carbonyl (C=O) groups is 1. The zero-order chi connectivity index (χ0) is 15.1. The summed E-state index contributed by atoms with van der Waals surface area (Å²) in [5.74, 6) is 0. The summed E-state index contributed by atoms with van der Waals surface area (Å²) in [4.78, 5) is 11.8. The predicted molar refractivity (Wildman–Crippen MR) is 75.6 cm³/mol. The number of carbonyl (C=O) groups excluding carboxylic acids is 1. The largest absolute Gasteiger partial charge is 0.334 e. The molecule has 0 aliphatic carbocycles. The van der Waals surface area contributed by atoms with Gasteiger partial charge in [-0.1, -0.05) is 6.92 Å². The standard InChI is InChI=1S/C13H15N7O/c1-2-10(7-8-14)16-13(21)17-11-3-5-12(6-4-11)20-9-15-18-19-20/h3-6,9-10H,2,7H2,1H3,(H2,16,17,21). The van der Waals surface area contributed by atoms with Crippen LogP contribution in [0.5, 0.6) is 0 Å². The normalized spacial score (nSPS) is 11.4. The van der Waals surface area contributed by atoms with Crippen LogP contribution in [0.2, 0.25) is 0 Å². The van der Waals surface area contributed by atoms with Gasteiger partial charge >= 0.3 is 6.03 Å². The van der Waals surface area contributed by atoms with Crippen molar-refractivity contribution in [3.8, 4) is 11.8 Å². The van der Waals surface area contributed by atoms with Crippen molar-refractivity contribution in [3.63, 3.8) is 0 Å². The number of aromatic nitrogens is 4. The van der Waals surface area contributed by atoms with Gasteiger partial charge in [-0.15, -0.1) is 5.10 Å². The molecule has 2 aromatic rings. The Kier molecular flexibility index (Phi) is 4.82. The smallest absolute Gasteiger partial charge is 0.319 e. The fourth-order valence-electron chi connectivity index (χ4n) is 1.74. The maximum absolute atomic E-state index is 11.8. The van der Waals surface area contributed by atoms with Crippen molar-refractivity contribution in [2.24, 2.45) is 0 Å². The van der Waals surface area contributed by atoms with Gasteiger partial charge in [-0.3, -0.25) is 0 Å². The second-order valence-electron chi connectivity index (χ2n) is 4.37. The van der Waals surface area contributed by atoms with E-state index in [-0.39, 0.29) is 12.1 Å². The molecule has 1 aromatic heterocycles. The summed E-state index contributed by atoms with van der Waals surface area (Å²) in [7, 11) is 0.